The molecule has 0 aromatic carbocycles. The van der Waals surface area contributed by atoms with Gasteiger partial charge >= 0.3 is 0 Å². The maximum Gasteiger partial charge on any atom is 0.0578 e. The van der Waals surface area contributed by atoms with E-state index >= 15 is 0 Å². The third-order valence-electron chi connectivity index (χ3n) is 1.55. The molecule has 12 heavy (non-hydrogen) atoms. The van der Waals surface area contributed by atoms with Gasteiger partial charge < -0.3 is 0 Å². The first kappa shape index (κ1) is 8.71. The topological polar surface area (TPSA) is 41.0 Å². The number of aromatic amines is 1. The minimum absolute atomic E-state index is 0.921. The Morgan fingerprint density at radius 2 is 2.58 bits per heavy atom. The lowest BCUT2D eigenvalue weighted by Gasteiger charge is -1.95. The Bertz CT molecular complexity index is 270. The van der Waals surface area contributed by atoms with Gasteiger partial charge in [-0.15, -0.1) is 0 Å². The maximum absolute atomic E-state index is 4.28. The molecule has 0 aliphatic heterocycles. The van der Waals surface area contributed by atoms with Crippen molar-refractivity contribution in [2.45, 2.75) is 20.3 Å². The molecule has 0 bridgehead atoms. The Labute approximate surface area is 72.2 Å². The Morgan fingerprint density at radius 1 is 1.75 bits per heavy atom. The van der Waals surface area contributed by atoms with E-state index in [2.05, 4.69) is 22.1 Å². The number of rotatable bonds is 3. The Morgan fingerprint density at radius 3 is 3.08 bits per heavy atom. The van der Waals surface area contributed by atoms with Crippen molar-refractivity contribution in [3.05, 3.63) is 30.2 Å². The van der Waals surface area contributed by atoms with Gasteiger partial charge in [0, 0.05) is 18.0 Å². The summed E-state index contributed by atoms with van der Waals surface area (Å²) in [5.74, 6) is 0. The van der Waals surface area contributed by atoms with Crippen LogP contribution in [0.2, 0.25) is 0 Å². The molecule has 1 rings (SSSR count). The van der Waals surface area contributed by atoms with Gasteiger partial charge in [-0.3, -0.25) is 10.1 Å². The molecular formula is C9H13N3. The van der Waals surface area contributed by atoms with E-state index in [-0.39, 0.29) is 0 Å². The molecule has 0 spiro atoms. The zero-order valence-corrected chi connectivity index (χ0v) is 7.41. The SMILES string of the molecule is C/C=C\N=C(CC)c1cn[nH]c1. The predicted molar refractivity (Wildman–Crippen MR) is 50.2 cm³/mol. The lowest BCUT2D eigenvalue weighted by Crippen LogP contribution is -1.95. The molecule has 3 heteroatoms. The molecule has 0 fully saturated rings. The van der Waals surface area contributed by atoms with Gasteiger partial charge in [-0.1, -0.05) is 13.0 Å². The van der Waals surface area contributed by atoms with Gasteiger partial charge in [0.2, 0.25) is 0 Å². The molecule has 1 N–H and O–H groups in total. The second kappa shape index (κ2) is 4.49. The fourth-order valence-corrected chi connectivity index (χ4v) is 0.943. The van der Waals surface area contributed by atoms with E-state index in [1.807, 2.05) is 19.2 Å². The van der Waals surface area contributed by atoms with Gasteiger partial charge in [0.25, 0.3) is 0 Å². The van der Waals surface area contributed by atoms with Crippen molar-refractivity contribution < 1.29 is 0 Å². The molecular weight excluding hydrogens is 150 g/mol. The largest absolute Gasteiger partial charge is 0.285 e. The second-order valence-corrected chi connectivity index (χ2v) is 2.40. The highest BCUT2D eigenvalue weighted by molar-refractivity contribution is 6.00. The van der Waals surface area contributed by atoms with Crippen LogP contribution in [0.4, 0.5) is 0 Å². The van der Waals surface area contributed by atoms with Crippen molar-refractivity contribution in [1.82, 2.24) is 10.2 Å². The molecule has 0 unspecified atom stereocenters. The summed E-state index contributed by atoms with van der Waals surface area (Å²) < 4.78 is 0. The minimum atomic E-state index is 0.921. The lowest BCUT2D eigenvalue weighted by molar-refractivity contribution is 1.09. The van der Waals surface area contributed by atoms with E-state index in [1.54, 1.807) is 12.4 Å². The van der Waals surface area contributed by atoms with Crippen LogP contribution >= 0.6 is 0 Å². The van der Waals surface area contributed by atoms with Crippen molar-refractivity contribution in [1.29, 1.82) is 0 Å². The number of hydrogen-bond acceptors (Lipinski definition) is 2. The summed E-state index contributed by atoms with van der Waals surface area (Å²) in [7, 11) is 0. The zero-order valence-electron chi connectivity index (χ0n) is 7.41. The zero-order chi connectivity index (χ0) is 8.81. The first-order valence-corrected chi connectivity index (χ1v) is 4.05. The molecule has 1 aromatic heterocycles. The first-order valence-electron chi connectivity index (χ1n) is 4.05. The summed E-state index contributed by atoms with van der Waals surface area (Å²) in [5, 5.41) is 6.64. The van der Waals surface area contributed by atoms with E-state index < -0.39 is 0 Å². The van der Waals surface area contributed by atoms with Crippen LogP contribution < -0.4 is 0 Å². The van der Waals surface area contributed by atoms with Crippen LogP contribution in [0.5, 0.6) is 0 Å². The van der Waals surface area contributed by atoms with Crippen molar-refractivity contribution in [3.8, 4) is 0 Å². The lowest BCUT2D eigenvalue weighted by atomic mass is 10.2. The van der Waals surface area contributed by atoms with Gasteiger partial charge in [0.1, 0.15) is 0 Å². The highest BCUT2D eigenvalue weighted by Crippen LogP contribution is 2.01. The Hall–Kier alpha value is -1.38. The molecule has 0 amide bonds. The number of hydrogen-bond donors (Lipinski definition) is 1. The van der Waals surface area contributed by atoms with Crippen molar-refractivity contribution >= 4 is 5.71 Å². The van der Waals surface area contributed by atoms with Crippen molar-refractivity contribution in [2.75, 3.05) is 0 Å². The van der Waals surface area contributed by atoms with Gasteiger partial charge in [-0.05, 0) is 13.3 Å². The summed E-state index contributed by atoms with van der Waals surface area (Å²) >= 11 is 0. The van der Waals surface area contributed by atoms with Crippen LogP contribution in [0.3, 0.4) is 0 Å². The molecule has 0 aliphatic carbocycles. The van der Waals surface area contributed by atoms with Crippen LogP contribution in [0, 0.1) is 0 Å². The summed E-state index contributed by atoms with van der Waals surface area (Å²) in [6.07, 6.45) is 8.27. The van der Waals surface area contributed by atoms with Gasteiger partial charge in [0.05, 0.1) is 11.9 Å². The van der Waals surface area contributed by atoms with Gasteiger partial charge in [-0.2, -0.15) is 5.10 Å². The summed E-state index contributed by atoms with van der Waals surface area (Å²) in [6, 6.07) is 0. The van der Waals surface area contributed by atoms with Gasteiger partial charge in [-0.25, -0.2) is 0 Å². The van der Waals surface area contributed by atoms with Crippen LogP contribution in [-0.4, -0.2) is 15.9 Å². The fraction of sp³-hybridized carbons (Fsp3) is 0.333. The summed E-state index contributed by atoms with van der Waals surface area (Å²) in [6.45, 7) is 4.03. The monoisotopic (exact) mass is 163 g/mol. The maximum atomic E-state index is 4.28. The van der Waals surface area contributed by atoms with E-state index in [9.17, 15) is 0 Å². The predicted octanol–water partition coefficient (Wildman–Crippen LogP) is 2.14. The highest BCUT2D eigenvalue weighted by atomic mass is 15.1. The van der Waals surface area contributed by atoms with Crippen LogP contribution in [0.1, 0.15) is 25.8 Å². The number of allylic oxidation sites excluding steroid dienone is 1. The number of nitrogens with zero attached hydrogens (tertiary/aromatic N) is 2. The molecule has 0 saturated heterocycles. The average Bonchev–Trinajstić information content (AvgIpc) is 2.59. The first-order chi connectivity index (χ1) is 5.88. The second-order valence-electron chi connectivity index (χ2n) is 2.40. The number of aromatic nitrogens is 2. The number of nitrogens with one attached hydrogen (secondary N) is 1. The van der Waals surface area contributed by atoms with E-state index in [4.69, 9.17) is 0 Å². The van der Waals surface area contributed by atoms with Gasteiger partial charge in [0.15, 0.2) is 0 Å². The smallest absolute Gasteiger partial charge is 0.0578 e. The molecule has 0 radical (unpaired) electrons. The molecule has 64 valence electrons. The average molecular weight is 163 g/mol. The molecule has 0 atom stereocenters. The third-order valence-corrected chi connectivity index (χ3v) is 1.55. The standard InChI is InChI=1S/C9H13N3/c1-3-5-10-9(4-2)8-6-11-12-7-8/h3,5-7H,4H2,1-2H3,(H,11,12)/b5-3-,10-9?. The van der Waals surface area contributed by atoms with E-state index in [0.29, 0.717) is 0 Å². The number of H-pyrrole nitrogens is 1. The molecule has 1 aromatic rings. The summed E-state index contributed by atoms with van der Waals surface area (Å²) in [5.41, 5.74) is 2.12. The molecule has 3 nitrogen and oxygen atoms in total. The Kier molecular flexibility index (Phi) is 3.26. The van der Waals surface area contributed by atoms with Crippen LogP contribution in [0.15, 0.2) is 29.7 Å². The number of aliphatic imine (C=N–C) groups is 1. The Balaban J connectivity index is 2.83. The fourth-order valence-electron chi connectivity index (χ4n) is 0.943. The third kappa shape index (κ3) is 2.05. The molecule has 1 heterocycles. The van der Waals surface area contributed by atoms with E-state index in [1.165, 1.54) is 0 Å². The van der Waals surface area contributed by atoms with Crippen LogP contribution in [0.25, 0.3) is 0 Å². The molecule has 0 aliphatic rings. The quantitative estimate of drug-likeness (QED) is 0.681. The highest BCUT2D eigenvalue weighted by Gasteiger charge is 1.99. The van der Waals surface area contributed by atoms with Crippen molar-refractivity contribution in [3.63, 3.8) is 0 Å². The van der Waals surface area contributed by atoms with Crippen LogP contribution in [-0.2, 0) is 0 Å². The van der Waals surface area contributed by atoms with Crippen molar-refractivity contribution in [2.24, 2.45) is 4.99 Å². The van der Waals surface area contributed by atoms with E-state index in [0.717, 1.165) is 17.7 Å². The molecule has 0 saturated carbocycles. The summed E-state index contributed by atoms with van der Waals surface area (Å²) in [4.78, 5) is 4.28. The minimum Gasteiger partial charge on any atom is -0.285 e. The normalized spacial score (nSPS) is 12.7.